The zero-order valence-corrected chi connectivity index (χ0v) is 18.2. The van der Waals surface area contributed by atoms with Gasteiger partial charge in [0.15, 0.2) is 0 Å². The number of benzene rings is 1. The first-order chi connectivity index (χ1) is 12.8. The van der Waals surface area contributed by atoms with Crippen LogP contribution in [0.3, 0.4) is 0 Å². The Balaban J connectivity index is 1.90. The fourth-order valence-electron chi connectivity index (χ4n) is 3.76. The Labute approximate surface area is 165 Å². The fraction of sp³-hybridized carbons (Fsp3) is 0.478. The zero-order chi connectivity index (χ0) is 20.1. The molecule has 1 radical (unpaired) electrons. The minimum atomic E-state index is -1.88. The van der Waals surface area contributed by atoms with Crippen LogP contribution in [0.5, 0.6) is 0 Å². The summed E-state index contributed by atoms with van der Waals surface area (Å²) in [6, 6.07) is 8.56. The van der Waals surface area contributed by atoms with Gasteiger partial charge in [-0.1, -0.05) is 56.4 Å². The molecule has 0 heterocycles. The number of hydrogen-bond acceptors (Lipinski definition) is 3. The summed E-state index contributed by atoms with van der Waals surface area (Å²) in [6.45, 7) is 17.0. The van der Waals surface area contributed by atoms with E-state index >= 15 is 0 Å². The van der Waals surface area contributed by atoms with Gasteiger partial charge in [0.05, 0.1) is 5.56 Å². The van der Waals surface area contributed by atoms with Crippen LogP contribution < -0.4 is 5.19 Å². The molecule has 1 aliphatic rings. The first-order valence-electron chi connectivity index (χ1n) is 9.87. The quantitative estimate of drug-likeness (QED) is 0.345. The number of hydrogen-bond donors (Lipinski definition) is 0. The zero-order valence-electron chi connectivity index (χ0n) is 17.2. The summed E-state index contributed by atoms with van der Waals surface area (Å²) < 4.78 is 0. The molecule has 0 amide bonds. The van der Waals surface area contributed by atoms with E-state index in [4.69, 9.17) is 9.78 Å². The second kappa shape index (κ2) is 9.02. The van der Waals surface area contributed by atoms with Gasteiger partial charge in [-0.3, -0.25) is 4.89 Å². The average molecular weight is 386 g/mol. The normalized spacial score (nSPS) is 16.7. The lowest BCUT2D eigenvalue weighted by Crippen LogP contribution is -2.43. The number of rotatable bonds is 7. The predicted octanol–water partition coefficient (Wildman–Crippen LogP) is 5.67. The van der Waals surface area contributed by atoms with E-state index in [2.05, 4.69) is 40.9 Å². The van der Waals surface area contributed by atoms with Gasteiger partial charge in [-0.2, -0.15) is 4.89 Å². The van der Waals surface area contributed by atoms with E-state index in [0.717, 1.165) is 37.8 Å². The number of carbonyl (C=O) groups excluding carboxylic acids is 1. The van der Waals surface area contributed by atoms with E-state index in [9.17, 15) is 4.79 Å². The van der Waals surface area contributed by atoms with Crippen molar-refractivity contribution in [2.75, 3.05) is 0 Å². The predicted molar refractivity (Wildman–Crippen MR) is 114 cm³/mol. The summed E-state index contributed by atoms with van der Waals surface area (Å²) in [5, 5.41) is 1.20. The van der Waals surface area contributed by atoms with Gasteiger partial charge < -0.3 is 0 Å². The van der Waals surface area contributed by atoms with Gasteiger partial charge >= 0.3 is 5.97 Å². The largest absolute Gasteiger partial charge is 0.373 e. The third-order valence-corrected chi connectivity index (χ3v) is 10.0. The molecule has 0 bridgehead atoms. The highest BCUT2D eigenvalue weighted by Gasteiger charge is 2.32. The smallest absolute Gasteiger partial charge is 0.292 e. The Morgan fingerprint density at radius 1 is 1.15 bits per heavy atom. The molecule has 2 rings (SSSR count). The molecule has 147 valence electrons. The van der Waals surface area contributed by atoms with Gasteiger partial charge in [0.1, 0.15) is 14.2 Å². The van der Waals surface area contributed by atoms with Gasteiger partial charge in [0.2, 0.25) is 0 Å². The summed E-state index contributed by atoms with van der Waals surface area (Å²) in [4.78, 5) is 22.7. The molecule has 0 aliphatic heterocycles. The summed E-state index contributed by atoms with van der Waals surface area (Å²) >= 11 is 0. The highest BCUT2D eigenvalue weighted by atomic mass is 28.3. The molecule has 1 saturated carbocycles. The van der Waals surface area contributed by atoms with Crippen LogP contribution in [0.4, 0.5) is 0 Å². The van der Waals surface area contributed by atoms with E-state index < -0.39 is 14.0 Å². The lowest BCUT2D eigenvalue weighted by atomic mass is 9.72. The SMILES string of the molecule is C=C[Si](C=C)(CC)c1ccc(C(=O)OO[C]2CCC(C(C)(C)C)CC2)cc1. The third kappa shape index (κ3) is 5.20. The highest BCUT2D eigenvalue weighted by Crippen LogP contribution is 2.40. The van der Waals surface area contributed by atoms with Crippen LogP contribution in [0.2, 0.25) is 6.04 Å². The summed E-state index contributed by atoms with van der Waals surface area (Å²) in [6.07, 6.45) is 4.75. The van der Waals surface area contributed by atoms with E-state index in [1.54, 1.807) is 12.1 Å². The number of carbonyl (C=O) groups is 1. The maximum absolute atomic E-state index is 12.3. The van der Waals surface area contributed by atoms with Crippen molar-refractivity contribution in [3.8, 4) is 0 Å². The van der Waals surface area contributed by atoms with E-state index in [1.165, 1.54) is 5.19 Å². The molecule has 1 fully saturated rings. The highest BCUT2D eigenvalue weighted by molar-refractivity contribution is 6.99. The molecule has 1 aromatic rings. The molecule has 0 aromatic heterocycles. The molecule has 0 spiro atoms. The Hall–Kier alpha value is -1.65. The Morgan fingerprint density at radius 3 is 2.15 bits per heavy atom. The van der Waals surface area contributed by atoms with Crippen molar-refractivity contribution in [2.45, 2.75) is 59.4 Å². The standard InChI is InChI=1S/C23H33O3Si/c1-7-27(8-2,9-3)21-16-10-18(11-17-21)22(24)26-25-20-14-12-19(13-15-20)23(4,5)6/h7-8,10-11,16-17,19H,1-2,9,12-15H2,3-6H3. The van der Waals surface area contributed by atoms with Crippen LogP contribution in [-0.2, 0) is 9.78 Å². The van der Waals surface area contributed by atoms with Crippen LogP contribution in [0.25, 0.3) is 0 Å². The van der Waals surface area contributed by atoms with Crippen molar-refractivity contribution in [1.82, 2.24) is 0 Å². The van der Waals surface area contributed by atoms with Crippen LogP contribution in [0.15, 0.2) is 48.8 Å². The first kappa shape index (κ1) is 21.6. The summed E-state index contributed by atoms with van der Waals surface area (Å²) in [5.41, 5.74) is 4.87. The van der Waals surface area contributed by atoms with Gasteiger partial charge in [-0.25, -0.2) is 4.79 Å². The molecule has 0 saturated heterocycles. The van der Waals surface area contributed by atoms with Gasteiger partial charge in [-0.05, 0) is 55.2 Å². The molecule has 1 aliphatic carbocycles. The molecular formula is C23H33O3Si. The molecular weight excluding hydrogens is 352 g/mol. The molecule has 0 unspecified atom stereocenters. The maximum atomic E-state index is 12.3. The summed E-state index contributed by atoms with van der Waals surface area (Å²) in [7, 11) is -1.88. The average Bonchev–Trinajstić information content (AvgIpc) is 2.68. The minimum Gasteiger partial charge on any atom is -0.292 e. The van der Waals surface area contributed by atoms with Crippen molar-refractivity contribution >= 4 is 19.2 Å². The lowest BCUT2D eigenvalue weighted by molar-refractivity contribution is -0.241. The molecule has 4 heteroatoms. The Kier molecular flexibility index (Phi) is 7.23. The van der Waals surface area contributed by atoms with E-state index in [0.29, 0.717) is 16.9 Å². The molecule has 3 nitrogen and oxygen atoms in total. The maximum Gasteiger partial charge on any atom is 0.373 e. The van der Waals surface area contributed by atoms with Crippen LogP contribution in [0, 0.1) is 17.4 Å². The van der Waals surface area contributed by atoms with Crippen LogP contribution >= 0.6 is 0 Å². The Bertz CT molecular complexity index is 641. The topological polar surface area (TPSA) is 35.5 Å². The van der Waals surface area contributed by atoms with Crippen molar-refractivity contribution in [3.05, 3.63) is 60.5 Å². The third-order valence-electron chi connectivity index (χ3n) is 5.97. The first-order valence-corrected chi connectivity index (χ1v) is 12.2. The Morgan fingerprint density at radius 2 is 1.70 bits per heavy atom. The van der Waals surface area contributed by atoms with Gasteiger partial charge in [-0.15, -0.1) is 13.2 Å². The van der Waals surface area contributed by atoms with E-state index in [-0.39, 0.29) is 0 Å². The van der Waals surface area contributed by atoms with Crippen molar-refractivity contribution in [1.29, 1.82) is 0 Å². The second-order valence-electron chi connectivity index (χ2n) is 8.51. The van der Waals surface area contributed by atoms with Gasteiger partial charge in [0, 0.05) is 0 Å². The second-order valence-corrected chi connectivity index (χ2v) is 12.7. The van der Waals surface area contributed by atoms with Crippen molar-refractivity contribution in [3.63, 3.8) is 0 Å². The van der Waals surface area contributed by atoms with Crippen molar-refractivity contribution < 1.29 is 14.6 Å². The van der Waals surface area contributed by atoms with Crippen LogP contribution in [0.1, 0.15) is 63.7 Å². The molecule has 1 aromatic carbocycles. The monoisotopic (exact) mass is 385 g/mol. The molecule has 0 N–H and O–H groups in total. The molecule has 27 heavy (non-hydrogen) atoms. The van der Waals surface area contributed by atoms with E-state index in [1.807, 2.05) is 23.5 Å². The minimum absolute atomic E-state index is 0.317. The summed E-state index contributed by atoms with van der Waals surface area (Å²) in [5.74, 6) is 0.235. The van der Waals surface area contributed by atoms with Gasteiger partial charge in [0.25, 0.3) is 0 Å². The van der Waals surface area contributed by atoms with Crippen LogP contribution in [-0.4, -0.2) is 14.0 Å². The lowest BCUT2D eigenvalue weighted by Gasteiger charge is -2.35. The molecule has 0 atom stereocenters. The fourth-order valence-corrected chi connectivity index (χ4v) is 6.17. The van der Waals surface area contributed by atoms with Crippen molar-refractivity contribution in [2.24, 2.45) is 11.3 Å².